The van der Waals surface area contributed by atoms with E-state index in [-0.39, 0.29) is 11.9 Å². The number of hydrogen-bond acceptors (Lipinski definition) is 5. The molecule has 4 rings (SSSR count). The van der Waals surface area contributed by atoms with Crippen LogP contribution < -0.4 is 10.6 Å². The van der Waals surface area contributed by atoms with Crippen LogP contribution in [-0.4, -0.2) is 29.2 Å². The molecule has 1 saturated heterocycles. The zero-order valence-electron chi connectivity index (χ0n) is 15.6. The predicted molar refractivity (Wildman–Crippen MR) is 109 cm³/mol. The molecule has 0 amide bonds. The molecule has 2 aromatic carbocycles. The van der Waals surface area contributed by atoms with Crippen LogP contribution in [0.15, 0.2) is 60.7 Å². The van der Waals surface area contributed by atoms with Crippen LogP contribution in [0.5, 0.6) is 0 Å². The second-order valence-electron chi connectivity index (χ2n) is 6.82. The van der Waals surface area contributed by atoms with Gasteiger partial charge in [0.15, 0.2) is 5.82 Å². The molecule has 6 heteroatoms. The summed E-state index contributed by atoms with van der Waals surface area (Å²) in [5.41, 5.74) is 1.93. The third kappa shape index (κ3) is 4.84. The quantitative estimate of drug-likeness (QED) is 0.635. The summed E-state index contributed by atoms with van der Waals surface area (Å²) in [5.74, 6) is 1.89. The van der Waals surface area contributed by atoms with Crippen LogP contribution in [0.2, 0.25) is 0 Å². The molecule has 0 aliphatic carbocycles. The monoisotopic (exact) mass is 378 g/mol. The van der Waals surface area contributed by atoms with Crippen molar-refractivity contribution in [2.24, 2.45) is 0 Å². The Morgan fingerprint density at radius 1 is 0.964 bits per heavy atom. The molecular formula is C22H23FN4O. The SMILES string of the molecule is Fc1ccc(CNc2cc(NCC3CCCO3)nc(-c3ccccc3)n2)cc1. The first kappa shape index (κ1) is 18.4. The maximum Gasteiger partial charge on any atom is 0.163 e. The highest BCUT2D eigenvalue weighted by atomic mass is 19.1. The number of hydrogen-bond donors (Lipinski definition) is 2. The minimum atomic E-state index is -0.238. The van der Waals surface area contributed by atoms with Gasteiger partial charge in [-0.1, -0.05) is 42.5 Å². The molecule has 1 aliphatic heterocycles. The van der Waals surface area contributed by atoms with Gasteiger partial charge in [-0.25, -0.2) is 14.4 Å². The average Bonchev–Trinajstić information content (AvgIpc) is 3.26. The van der Waals surface area contributed by atoms with Gasteiger partial charge >= 0.3 is 0 Å². The van der Waals surface area contributed by atoms with Gasteiger partial charge in [0.1, 0.15) is 17.5 Å². The molecule has 28 heavy (non-hydrogen) atoms. The molecule has 144 valence electrons. The van der Waals surface area contributed by atoms with Crippen LogP contribution in [0.3, 0.4) is 0 Å². The standard InChI is InChI=1S/C22H23FN4O/c23-18-10-8-16(9-11-18)14-24-20-13-21(25-15-19-7-4-12-28-19)27-22(26-20)17-5-2-1-3-6-17/h1-3,5-6,8-11,13,19H,4,7,12,14-15H2,(H2,24,25,26,27). The van der Waals surface area contributed by atoms with Crippen molar-refractivity contribution in [1.82, 2.24) is 9.97 Å². The van der Waals surface area contributed by atoms with Gasteiger partial charge in [0.25, 0.3) is 0 Å². The Labute approximate surface area is 164 Å². The Bertz CT molecular complexity index is 896. The van der Waals surface area contributed by atoms with Crippen molar-refractivity contribution >= 4 is 11.6 Å². The number of ether oxygens (including phenoxy) is 1. The summed E-state index contributed by atoms with van der Waals surface area (Å²) in [6, 6.07) is 18.2. The predicted octanol–water partition coefficient (Wildman–Crippen LogP) is 4.49. The lowest BCUT2D eigenvalue weighted by Gasteiger charge is -2.14. The van der Waals surface area contributed by atoms with Crippen LogP contribution in [0.25, 0.3) is 11.4 Å². The number of rotatable bonds is 7. The number of anilines is 2. The topological polar surface area (TPSA) is 59.1 Å². The molecule has 1 fully saturated rings. The second-order valence-corrected chi connectivity index (χ2v) is 6.82. The van der Waals surface area contributed by atoms with Gasteiger partial charge in [0.05, 0.1) is 6.10 Å². The molecule has 1 unspecified atom stereocenters. The first-order chi connectivity index (χ1) is 13.8. The van der Waals surface area contributed by atoms with Gasteiger partial charge < -0.3 is 15.4 Å². The van der Waals surface area contributed by atoms with Gasteiger partial charge in [0.2, 0.25) is 0 Å². The van der Waals surface area contributed by atoms with E-state index >= 15 is 0 Å². The fourth-order valence-electron chi connectivity index (χ4n) is 3.16. The highest BCUT2D eigenvalue weighted by Gasteiger charge is 2.15. The molecule has 5 nitrogen and oxygen atoms in total. The Kier molecular flexibility index (Phi) is 5.77. The van der Waals surface area contributed by atoms with Crippen molar-refractivity contribution < 1.29 is 9.13 Å². The van der Waals surface area contributed by atoms with E-state index in [1.54, 1.807) is 12.1 Å². The molecule has 1 aliphatic rings. The van der Waals surface area contributed by atoms with E-state index < -0.39 is 0 Å². The van der Waals surface area contributed by atoms with E-state index in [9.17, 15) is 4.39 Å². The Morgan fingerprint density at radius 3 is 2.43 bits per heavy atom. The molecular weight excluding hydrogens is 355 g/mol. The number of aromatic nitrogens is 2. The first-order valence-electron chi connectivity index (χ1n) is 9.54. The lowest BCUT2D eigenvalue weighted by molar-refractivity contribution is 0.120. The van der Waals surface area contributed by atoms with Crippen molar-refractivity contribution in [1.29, 1.82) is 0 Å². The van der Waals surface area contributed by atoms with E-state index in [2.05, 4.69) is 20.6 Å². The summed E-state index contributed by atoms with van der Waals surface area (Å²) in [5, 5.41) is 6.69. The number of benzene rings is 2. The van der Waals surface area contributed by atoms with Crippen LogP contribution in [0.4, 0.5) is 16.0 Å². The van der Waals surface area contributed by atoms with Gasteiger partial charge in [-0.05, 0) is 30.5 Å². The summed E-state index contributed by atoms with van der Waals surface area (Å²) in [6.45, 7) is 2.11. The fraction of sp³-hybridized carbons (Fsp3) is 0.273. The Balaban J connectivity index is 1.53. The maximum absolute atomic E-state index is 13.1. The van der Waals surface area contributed by atoms with Crippen molar-refractivity contribution in [2.45, 2.75) is 25.5 Å². The summed E-state index contributed by atoms with van der Waals surface area (Å²) < 4.78 is 18.8. The van der Waals surface area contributed by atoms with Crippen LogP contribution >= 0.6 is 0 Å². The van der Waals surface area contributed by atoms with Crippen molar-refractivity contribution in [3.8, 4) is 11.4 Å². The second kappa shape index (κ2) is 8.80. The zero-order chi connectivity index (χ0) is 19.2. The summed E-state index contributed by atoms with van der Waals surface area (Å²) in [7, 11) is 0. The summed E-state index contributed by atoms with van der Waals surface area (Å²) >= 11 is 0. The molecule has 2 N–H and O–H groups in total. The minimum absolute atomic E-state index is 0.228. The molecule has 0 bridgehead atoms. The van der Waals surface area contributed by atoms with Gasteiger partial charge in [-0.15, -0.1) is 0 Å². The third-order valence-electron chi connectivity index (χ3n) is 4.68. The maximum atomic E-state index is 13.1. The largest absolute Gasteiger partial charge is 0.376 e. The smallest absolute Gasteiger partial charge is 0.163 e. The molecule has 1 atom stereocenters. The van der Waals surface area contributed by atoms with Gasteiger partial charge in [-0.2, -0.15) is 0 Å². The molecule has 0 radical (unpaired) electrons. The van der Waals surface area contributed by atoms with Crippen LogP contribution in [-0.2, 0) is 11.3 Å². The van der Waals surface area contributed by atoms with E-state index in [0.29, 0.717) is 18.2 Å². The van der Waals surface area contributed by atoms with E-state index in [1.807, 2.05) is 36.4 Å². The van der Waals surface area contributed by atoms with Crippen LogP contribution in [0, 0.1) is 5.82 Å². The average molecular weight is 378 g/mol. The number of halogens is 1. The highest BCUT2D eigenvalue weighted by Crippen LogP contribution is 2.21. The molecule has 1 aromatic heterocycles. The van der Waals surface area contributed by atoms with E-state index in [0.717, 1.165) is 42.9 Å². The molecule has 0 spiro atoms. The number of nitrogens with zero attached hydrogens (tertiary/aromatic N) is 2. The van der Waals surface area contributed by atoms with E-state index in [4.69, 9.17) is 4.74 Å². The lowest BCUT2D eigenvalue weighted by atomic mass is 10.2. The fourth-order valence-corrected chi connectivity index (χ4v) is 3.16. The van der Waals surface area contributed by atoms with Crippen molar-refractivity contribution in [2.75, 3.05) is 23.8 Å². The summed E-state index contributed by atoms with van der Waals surface area (Å²) in [6.07, 6.45) is 2.40. The molecule has 3 aromatic rings. The van der Waals surface area contributed by atoms with Crippen LogP contribution in [0.1, 0.15) is 18.4 Å². The first-order valence-corrected chi connectivity index (χ1v) is 9.54. The molecule has 2 heterocycles. The highest BCUT2D eigenvalue weighted by molar-refractivity contribution is 5.61. The van der Waals surface area contributed by atoms with E-state index in [1.165, 1.54) is 12.1 Å². The van der Waals surface area contributed by atoms with Crippen molar-refractivity contribution in [3.63, 3.8) is 0 Å². The van der Waals surface area contributed by atoms with Crippen molar-refractivity contribution in [3.05, 3.63) is 72.0 Å². The minimum Gasteiger partial charge on any atom is -0.376 e. The Morgan fingerprint density at radius 2 is 1.71 bits per heavy atom. The Hall–Kier alpha value is -2.99. The molecule has 0 saturated carbocycles. The third-order valence-corrected chi connectivity index (χ3v) is 4.68. The lowest BCUT2D eigenvalue weighted by Crippen LogP contribution is -2.19. The van der Waals surface area contributed by atoms with Gasteiger partial charge in [0, 0.05) is 31.3 Å². The normalized spacial score (nSPS) is 16.1. The number of nitrogens with one attached hydrogen (secondary N) is 2. The van der Waals surface area contributed by atoms with Gasteiger partial charge in [-0.3, -0.25) is 0 Å². The zero-order valence-corrected chi connectivity index (χ0v) is 15.6. The summed E-state index contributed by atoms with van der Waals surface area (Å²) in [4.78, 5) is 9.31.